The number of rotatable bonds is 1. The highest BCUT2D eigenvalue weighted by molar-refractivity contribution is 5.76. The summed E-state index contributed by atoms with van der Waals surface area (Å²) in [7, 11) is 1.70. The van der Waals surface area contributed by atoms with Crippen LogP contribution in [0.5, 0.6) is 0 Å². The topological polar surface area (TPSA) is 21.6 Å². The number of benzene rings is 1. The average Bonchev–Trinajstić information content (AvgIpc) is 2.30. The molecule has 1 heterocycles. The first-order valence-electron chi connectivity index (χ1n) is 5.02. The molecule has 0 saturated heterocycles. The summed E-state index contributed by atoms with van der Waals surface area (Å²) in [5.74, 6) is 1.48. The fraction of sp³-hybridized carbons (Fsp3) is 0.417. The van der Waals surface area contributed by atoms with Crippen LogP contribution in [0.4, 0.5) is 0 Å². The van der Waals surface area contributed by atoms with Crippen LogP contribution in [0.25, 0.3) is 0 Å². The minimum atomic E-state index is 0.579. The van der Waals surface area contributed by atoms with Crippen LogP contribution in [0.2, 0.25) is 0 Å². The highest BCUT2D eigenvalue weighted by Crippen LogP contribution is 2.25. The first-order chi connectivity index (χ1) is 6.90. The molecule has 1 atom stereocenters. The second-order valence-electron chi connectivity index (χ2n) is 3.58. The van der Waals surface area contributed by atoms with Gasteiger partial charge >= 0.3 is 0 Å². The van der Waals surface area contributed by atoms with Gasteiger partial charge in [-0.05, 0) is 12.0 Å². The molecule has 0 bridgehead atoms. The fourth-order valence-electron chi connectivity index (χ4n) is 1.84. The second-order valence-corrected chi connectivity index (χ2v) is 3.58. The van der Waals surface area contributed by atoms with Gasteiger partial charge in [0.1, 0.15) is 0 Å². The quantitative estimate of drug-likeness (QED) is 0.665. The Bertz CT molecular complexity index is 318. The third-order valence-electron chi connectivity index (χ3n) is 2.70. The molecule has 2 rings (SSSR count). The normalized spacial score (nSPS) is 21.5. The van der Waals surface area contributed by atoms with Crippen LogP contribution in [-0.4, -0.2) is 19.6 Å². The summed E-state index contributed by atoms with van der Waals surface area (Å²) in [5, 5.41) is 0. The number of hydrogen-bond acceptors (Lipinski definition) is 2. The molecule has 0 amide bonds. The lowest BCUT2D eigenvalue weighted by Gasteiger charge is -2.20. The number of nitrogens with zero attached hydrogens (tertiary/aromatic N) is 1. The summed E-state index contributed by atoms with van der Waals surface area (Å²) in [6.07, 6.45) is 2.12. The molecule has 1 aliphatic rings. The van der Waals surface area contributed by atoms with Crippen molar-refractivity contribution in [3.63, 3.8) is 0 Å². The molecule has 0 aliphatic carbocycles. The van der Waals surface area contributed by atoms with Crippen molar-refractivity contribution < 1.29 is 4.74 Å². The van der Waals surface area contributed by atoms with Crippen molar-refractivity contribution in [1.82, 2.24) is 0 Å². The van der Waals surface area contributed by atoms with Crippen LogP contribution in [0.3, 0.4) is 0 Å². The zero-order valence-electron chi connectivity index (χ0n) is 8.44. The van der Waals surface area contributed by atoms with E-state index in [9.17, 15) is 0 Å². The van der Waals surface area contributed by atoms with Crippen LogP contribution >= 0.6 is 0 Å². The van der Waals surface area contributed by atoms with Crippen molar-refractivity contribution >= 4 is 5.90 Å². The van der Waals surface area contributed by atoms with Gasteiger partial charge < -0.3 is 4.74 Å². The molecule has 2 nitrogen and oxygen atoms in total. The van der Waals surface area contributed by atoms with E-state index < -0.39 is 0 Å². The molecule has 0 spiro atoms. The van der Waals surface area contributed by atoms with Crippen LogP contribution in [0.1, 0.15) is 24.3 Å². The standard InChI is InChI=1S/C12H15NO/c1-14-12-8-7-11(9-13-12)10-5-3-2-4-6-10/h2-6,11H,7-9H2,1H3. The zero-order valence-corrected chi connectivity index (χ0v) is 8.44. The predicted molar refractivity (Wildman–Crippen MR) is 57.7 cm³/mol. The van der Waals surface area contributed by atoms with Gasteiger partial charge in [0.25, 0.3) is 0 Å². The van der Waals surface area contributed by atoms with Crippen molar-refractivity contribution in [3.8, 4) is 0 Å². The van der Waals surface area contributed by atoms with Crippen molar-refractivity contribution in [1.29, 1.82) is 0 Å². The SMILES string of the molecule is COC1=NCC(c2ccccc2)CC1. The summed E-state index contributed by atoms with van der Waals surface area (Å²) in [5.41, 5.74) is 1.39. The monoisotopic (exact) mass is 189 g/mol. The van der Waals surface area contributed by atoms with Gasteiger partial charge in [0.2, 0.25) is 0 Å². The maximum Gasteiger partial charge on any atom is 0.182 e. The van der Waals surface area contributed by atoms with Crippen molar-refractivity contribution in [2.45, 2.75) is 18.8 Å². The smallest absolute Gasteiger partial charge is 0.182 e. The Morgan fingerprint density at radius 3 is 2.64 bits per heavy atom. The van der Waals surface area contributed by atoms with Crippen LogP contribution in [0, 0.1) is 0 Å². The summed E-state index contributed by atoms with van der Waals surface area (Å²) >= 11 is 0. The maximum atomic E-state index is 5.13. The molecule has 0 N–H and O–H groups in total. The van der Waals surface area contributed by atoms with E-state index in [4.69, 9.17) is 4.74 Å². The molecule has 14 heavy (non-hydrogen) atoms. The summed E-state index contributed by atoms with van der Waals surface area (Å²) in [4.78, 5) is 4.40. The molecule has 0 fully saturated rings. The Hall–Kier alpha value is -1.31. The first-order valence-corrected chi connectivity index (χ1v) is 5.02. The van der Waals surface area contributed by atoms with Gasteiger partial charge in [-0.15, -0.1) is 0 Å². The number of ether oxygens (including phenoxy) is 1. The van der Waals surface area contributed by atoms with E-state index in [2.05, 4.69) is 35.3 Å². The Morgan fingerprint density at radius 2 is 2.07 bits per heavy atom. The largest absolute Gasteiger partial charge is 0.484 e. The van der Waals surface area contributed by atoms with Gasteiger partial charge in [0.15, 0.2) is 5.90 Å². The van der Waals surface area contributed by atoms with E-state index in [0.717, 1.165) is 25.3 Å². The highest BCUT2D eigenvalue weighted by Gasteiger charge is 2.17. The minimum Gasteiger partial charge on any atom is -0.484 e. The van der Waals surface area contributed by atoms with Gasteiger partial charge in [0, 0.05) is 18.9 Å². The Labute approximate surface area is 84.6 Å². The number of methoxy groups -OCH3 is 1. The van der Waals surface area contributed by atoms with Crippen LogP contribution in [-0.2, 0) is 4.74 Å². The predicted octanol–water partition coefficient (Wildman–Crippen LogP) is 2.61. The lowest BCUT2D eigenvalue weighted by molar-refractivity contribution is 0.373. The summed E-state index contributed by atoms with van der Waals surface area (Å²) in [6, 6.07) is 10.6. The van der Waals surface area contributed by atoms with Gasteiger partial charge in [-0.25, -0.2) is 0 Å². The summed E-state index contributed by atoms with van der Waals surface area (Å²) < 4.78 is 5.13. The number of hydrogen-bond donors (Lipinski definition) is 0. The maximum absolute atomic E-state index is 5.13. The van der Waals surface area contributed by atoms with Crippen LogP contribution in [0.15, 0.2) is 35.3 Å². The fourth-order valence-corrected chi connectivity index (χ4v) is 1.84. The summed E-state index contributed by atoms with van der Waals surface area (Å²) in [6.45, 7) is 0.868. The molecule has 1 aliphatic heterocycles. The molecule has 1 aromatic carbocycles. The molecular weight excluding hydrogens is 174 g/mol. The molecule has 0 radical (unpaired) electrons. The third kappa shape index (κ3) is 1.95. The lowest BCUT2D eigenvalue weighted by Crippen LogP contribution is -2.15. The van der Waals surface area contributed by atoms with Crippen molar-refractivity contribution in [2.75, 3.05) is 13.7 Å². The second kappa shape index (κ2) is 4.27. The van der Waals surface area contributed by atoms with Crippen molar-refractivity contribution in [3.05, 3.63) is 35.9 Å². The van der Waals surface area contributed by atoms with Gasteiger partial charge in [-0.2, -0.15) is 0 Å². The zero-order chi connectivity index (χ0) is 9.80. The molecular formula is C12H15NO. The molecule has 1 aromatic rings. The molecule has 0 aromatic heterocycles. The van der Waals surface area contributed by atoms with E-state index >= 15 is 0 Å². The Kier molecular flexibility index (Phi) is 2.82. The Morgan fingerprint density at radius 1 is 1.29 bits per heavy atom. The van der Waals surface area contributed by atoms with E-state index in [1.165, 1.54) is 5.56 Å². The van der Waals surface area contributed by atoms with E-state index in [0.29, 0.717) is 5.92 Å². The first kappa shape index (κ1) is 9.25. The molecule has 74 valence electrons. The molecule has 1 unspecified atom stereocenters. The van der Waals surface area contributed by atoms with E-state index in [1.54, 1.807) is 7.11 Å². The minimum absolute atomic E-state index is 0.579. The van der Waals surface area contributed by atoms with E-state index in [-0.39, 0.29) is 0 Å². The highest BCUT2D eigenvalue weighted by atomic mass is 16.5. The average molecular weight is 189 g/mol. The van der Waals surface area contributed by atoms with Gasteiger partial charge in [0.05, 0.1) is 7.11 Å². The van der Waals surface area contributed by atoms with E-state index in [1.807, 2.05) is 0 Å². The third-order valence-corrected chi connectivity index (χ3v) is 2.70. The van der Waals surface area contributed by atoms with Crippen LogP contribution < -0.4 is 0 Å². The lowest BCUT2D eigenvalue weighted by atomic mass is 9.92. The molecule has 0 saturated carbocycles. The number of aliphatic imine (C=N–C) groups is 1. The van der Waals surface area contributed by atoms with Gasteiger partial charge in [-0.3, -0.25) is 4.99 Å². The van der Waals surface area contributed by atoms with Crippen molar-refractivity contribution in [2.24, 2.45) is 4.99 Å². The van der Waals surface area contributed by atoms with Gasteiger partial charge in [-0.1, -0.05) is 30.3 Å². The molecule has 2 heteroatoms. The Balaban J connectivity index is 2.06.